The minimum atomic E-state index is -0.620. The minimum absolute atomic E-state index is 0.111. The maximum atomic E-state index is 14.0. The van der Waals surface area contributed by atoms with Crippen LogP contribution in [0.1, 0.15) is 21.8 Å². The van der Waals surface area contributed by atoms with Gasteiger partial charge in [0, 0.05) is 11.3 Å². The summed E-state index contributed by atoms with van der Waals surface area (Å²) in [7, 11) is 1.24. The summed E-state index contributed by atoms with van der Waals surface area (Å²) in [4.78, 5) is 11.6. The van der Waals surface area contributed by atoms with E-state index in [0.717, 1.165) is 6.07 Å². The molecule has 0 aliphatic rings. The zero-order valence-corrected chi connectivity index (χ0v) is 14.8. The molecule has 0 radical (unpaired) electrons. The number of hydrogen-bond donors (Lipinski definition) is 1. The summed E-state index contributed by atoms with van der Waals surface area (Å²) in [6.45, 7) is 1.75. The molecule has 0 saturated carbocycles. The first-order valence-corrected chi connectivity index (χ1v) is 8.07. The Morgan fingerprint density at radius 1 is 1.31 bits per heavy atom. The van der Waals surface area contributed by atoms with Crippen LogP contribution < -0.4 is 5.32 Å². The van der Waals surface area contributed by atoms with Crippen LogP contribution in [0, 0.1) is 12.7 Å². The second-order valence-electron chi connectivity index (χ2n) is 5.46. The number of hydrogen-bond acceptors (Lipinski definition) is 6. The lowest BCUT2D eigenvalue weighted by molar-refractivity contribution is 0.0600. The third-order valence-corrected chi connectivity index (χ3v) is 4.10. The number of ether oxygens (including phenoxy) is 1. The first-order valence-electron chi connectivity index (χ1n) is 7.69. The Hall–Kier alpha value is -2.93. The Labute approximate surface area is 154 Å². The monoisotopic (exact) mass is 375 g/mol. The molecule has 0 aliphatic heterocycles. The Kier molecular flexibility index (Phi) is 5.18. The zero-order chi connectivity index (χ0) is 18.7. The van der Waals surface area contributed by atoms with Gasteiger partial charge >= 0.3 is 5.97 Å². The highest BCUT2D eigenvalue weighted by atomic mass is 35.5. The highest BCUT2D eigenvalue weighted by Crippen LogP contribution is 2.27. The summed E-state index contributed by atoms with van der Waals surface area (Å²) in [6.07, 6.45) is 0. The average Bonchev–Trinajstić information content (AvgIpc) is 3.11. The molecule has 0 saturated heterocycles. The van der Waals surface area contributed by atoms with Gasteiger partial charge in [0.05, 0.1) is 29.8 Å². The molecule has 0 bridgehead atoms. The van der Waals surface area contributed by atoms with Gasteiger partial charge in [0.25, 0.3) is 0 Å². The van der Waals surface area contributed by atoms with Crippen molar-refractivity contribution in [3.8, 4) is 11.5 Å². The maximum Gasteiger partial charge on any atom is 0.338 e. The second-order valence-corrected chi connectivity index (χ2v) is 5.86. The molecule has 134 valence electrons. The van der Waals surface area contributed by atoms with E-state index in [9.17, 15) is 9.18 Å². The summed E-state index contributed by atoms with van der Waals surface area (Å²) in [5, 5.41) is 11.4. The lowest BCUT2D eigenvalue weighted by Gasteiger charge is -2.10. The third-order valence-electron chi connectivity index (χ3n) is 3.77. The average molecular weight is 376 g/mol. The molecule has 0 amide bonds. The van der Waals surface area contributed by atoms with Crippen molar-refractivity contribution < 1.29 is 18.3 Å². The zero-order valence-electron chi connectivity index (χ0n) is 14.0. The first kappa shape index (κ1) is 17.9. The number of halogens is 2. The van der Waals surface area contributed by atoms with Crippen LogP contribution in [0.5, 0.6) is 0 Å². The maximum absolute atomic E-state index is 14.0. The fourth-order valence-corrected chi connectivity index (χ4v) is 2.55. The van der Waals surface area contributed by atoms with E-state index in [1.54, 1.807) is 25.1 Å². The van der Waals surface area contributed by atoms with Gasteiger partial charge in [-0.15, -0.1) is 10.2 Å². The van der Waals surface area contributed by atoms with Crippen molar-refractivity contribution in [2.75, 3.05) is 12.4 Å². The molecule has 8 heteroatoms. The number of nitrogens with one attached hydrogen (secondary N) is 1. The molecule has 0 spiro atoms. The van der Waals surface area contributed by atoms with Crippen molar-refractivity contribution in [3.05, 3.63) is 64.3 Å². The molecule has 3 rings (SSSR count). The molecular weight excluding hydrogens is 361 g/mol. The van der Waals surface area contributed by atoms with Gasteiger partial charge in [-0.25, -0.2) is 9.18 Å². The number of carbonyl (C=O) groups is 1. The Bertz CT molecular complexity index is 959. The molecule has 26 heavy (non-hydrogen) atoms. The van der Waals surface area contributed by atoms with Crippen LogP contribution in [0.15, 0.2) is 40.8 Å². The Morgan fingerprint density at radius 2 is 2.08 bits per heavy atom. The molecule has 2 aromatic carbocycles. The largest absolute Gasteiger partial charge is 0.465 e. The van der Waals surface area contributed by atoms with Crippen LogP contribution in [-0.2, 0) is 11.3 Å². The normalized spacial score (nSPS) is 10.6. The second kappa shape index (κ2) is 7.53. The van der Waals surface area contributed by atoms with E-state index in [2.05, 4.69) is 20.3 Å². The summed E-state index contributed by atoms with van der Waals surface area (Å²) in [6, 6.07) is 9.75. The van der Waals surface area contributed by atoms with Crippen LogP contribution >= 0.6 is 11.6 Å². The minimum Gasteiger partial charge on any atom is -0.465 e. The fourth-order valence-electron chi connectivity index (χ4n) is 2.34. The summed E-state index contributed by atoms with van der Waals surface area (Å²) < 4.78 is 24.2. The smallest absolute Gasteiger partial charge is 0.338 e. The lowest BCUT2D eigenvalue weighted by atomic mass is 10.1. The van der Waals surface area contributed by atoms with E-state index in [-0.39, 0.29) is 12.1 Å². The van der Waals surface area contributed by atoms with Gasteiger partial charge in [0.15, 0.2) is 0 Å². The number of carbonyl (C=O) groups excluding carboxylic acids is 1. The van der Waals surface area contributed by atoms with Gasteiger partial charge in [-0.1, -0.05) is 23.7 Å². The standard InChI is InChI=1S/C18H15ClFN3O3/c1-10-14(20)7-11(18(24)25-2)8-15(10)21-9-16-22-23-17(26-16)12-5-3-4-6-13(12)19/h3-8,21H,9H2,1-2H3. The molecule has 1 N–H and O–H groups in total. The molecule has 0 atom stereocenters. The number of nitrogens with zero attached hydrogens (tertiary/aromatic N) is 2. The van der Waals surface area contributed by atoms with Crippen molar-refractivity contribution in [2.45, 2.75) is 13.5 Å². The summed E-state index contributed by atoms with van der Waals surface area (Å²) in [5.41, 5.74) is 1.54. The van der Waals surface area contributed by atoms with E-state index in [4.69, 9.17) is 16.0 Å². The SMILES string of the molecule is COC(=O)c1cc(F)c(C)c(NCc2nnc(-c3ccccc3Cl)o2)c1. The van der Waals surface area contributed by atoms with Crippen molar-refractivity contribution in [1.82, 2.24) is 10.2 Å². The quantitative estimate of drug-likeness (QED) is 0.672. The van der Waals surface area contributed by atoms with E-state index in [1.807, 2.05) is 6.07 Å². The predicted molar refractivity (Wildman–Crippen MR) is 94.5 cm³/mol. The summed E-state index contributed by atoms with van der Waals surface area (Å²) in [5.74, 6) is -0.551. The lowest BCUT2D eigenvalue weighted by Crippen LogP contribution is -2.07. The summed E-state index contributed by atoms with van der Waals surface area (Å²) >= 11 is 6.11. The van der Waals surface area contributed by atoms with E-state index >= 15 is 0 Å². The van der Waals surface area contributed by atoms with Gasteiger partial charge in [0.2, 0.25) is 11.8 Å². The van der Waals surface area contributed by atoms with Gasteiger partial charge in [-0.3, -0.25) is 0 Å². The van der Waals surface area contributed by atoms with Gasteiger partial charge in [0.1, 0.15) is 5.82 Å². The molecule has 1 heterocycles. The molecule has 3 aromatic rings. The van der Waals surface area contributed by atoms with Crippen molar-refractivity contribution in [3.63, 3.8) is 0 Å². The number of anilines is 1. The highest BCUT2D eigenvalue weighted by Gasteiger charge is 2.15. The highest BCUT2D eigenvalue weighted by molar-refractivity contribution is 6.33. The number of benzene rings is 2. The van der Waals surface area contributed by atoms with Gasteiger partial charge < -0.3 is 14.5 Å². The molecule has 1 aromatic heterocycles. The number of methoxy groups -OCH3 is 1. The van der Waals surface area contributed by atoms with Crippen molar-refractivity contribution in [1.29, 1.82) is 0 Å². The molecule has 6 nitrogen and oxygen atoms in total. The molecule has 0 fully saturated rings. The van der Waals surface area contributed by atoms with E-state index < -0.39 is 11.8 Å². The third kappa shape index (κ3) is 3.67. The Balaban J connectivity index is 1.79. The van der Waals surface area contributed by atoms with Crippen LogP contribution in [-0.4, -0.2) is 23.3 Å². The predicted octanol–water partition coefficient (Wildman–Crippen LogP) is 4.24. The van der Waals surface area contributed by atoms with Gasteiger partial charge in [-0.2, -0.15) is 0 Å². The number of esters is 1. The molecule has 0 aliphatic carbocycles. The van der Waals surface area contributed by atoms with E-state index in [0.29, 0.717) is 33.6 Å². The van der Waals surface area contributed by atoms with Crippen molar-refractivity contribution >= 4 is 23.3 Å². The van der Waals surface area contributed by atoms with Crippen molar-refractivity contribution in [2.24, 2.45) is 0 Å². The van der Waals surface area contributed by atoms with Crippen LogP contribution in [0.2, 0.25) is 5.02 Å². The molecular formula is C18H15ClFN3O3. The van der Waals surface area contributed by atoms with Crippen LogP contribution in [0.4, 0.5) is 10.1 Å². The topological polar surface area (TPSA) is 77.2 Å². The number of rotatable bonds is 5. The molecule has 0 unspecified atom stereocenters. The van der Waals surface area contributed by atoms with Crippen LogP contribution in [0.3, 0.4) is 0 Å². The first-order chi connectivity index (χ1) is 12.5. The van der Waals surface area contributed by atoms with Gasteiger partial charge in [-0.05, 0) is 31.2 Å². The fraction of sp³-hybridized carbons (Fsp3) is 0.167. The number of aromatic nitrogens is 2. The Morgan fingerprint density at radius 3 is 2.81 bits per heavy atom. The van der Waals surface area contributed by atoms with E-state index in [1.165, 1.54) is 13.2 Å². The van der Waals surface area contributed by atoms with Crippen LogP contribution in [0.25, 0.3) is 11.5 Å².